The van der Waals surface area contributed by atoms with E-state index in [4.69, 9.17) is 23.2 Å². The fourth-order valence-corrected chi connectivity index (χ4v) is 5.46. The summed E-state index contributed by atoms with van der Waals surface area (Å²) < 4.78 is 24.5. The van der Waals surface area contributed by atoms with Gasteiger partial charge in [-0.3, -0.25) is 0 Å². The maximum atomic E-state index is 12.3. The molecule has 0 heterocycles. The van der Waals surface area contributed by atoms with E-state index >= 15 is 0 Å². The second-order valence-corrected chi connectivity index (χ2v) is 9.04. The molecule has 124 valence electrons. The molecule has 0 aliphatic rings. The molecule has 2 rings (SSSR count). The van der Waals surface area contributed by atoms with Crippen LogP contribution in [0.1, 0.15) is 11.1 Å². The lowest BCUT2D eigenvalue weighted by molar-refractivity contribution is 0.591. The molecule has 0 amide bonds. The van der Waals surface area contributed by atoms with Gasteiger partial charge in [-0.2, -0.15) is 0 Å². The lowest BCUT2D eigenvalue weighted by atomic mass is 10.1. The average molecular weight is 371 g/mol. The van der Waals surface area contributed by atoms with Gasteiger partial charge in [0.05, 0.1) is 22.3 Å². The summed E-state index contributed by atoms with van der Waals surface area (Å²) in [4.78, 5) is 0. The highest BCUT2D eigenvalue weighted by Crippen LogP contribution is 2.15. The molecule has 23 heavy (non-hydrogen) atoms. The fraction of sp³-hybridized carbons (Fsp3) is 0.333. The zero-order chi connectivity index (χ0) is 16.7. The molecule has 0 N–H and O–H groups in total. The third-order valence-corrected chi connectivity index (χ3v) is 6.27. The second-order valence-electron chi connectivity index (χ2n) is 5.65. The van der Waals surface area contributed by atoms with Gasteiger partial charge < -0.3 is 0 Å². The minimum Gasteiger partial charge on any atom is -0.229 e. The summed E-state index contributed by atoms with van der Waals surface area (Å²) >= 11 is 12.4. The van der Waals surface area contributed by atoms with Crippen LogP contribution in [0.25, 0.3) is 0 Å². The number of rotatable bonds is 8. The van der Waals surface area contributed by atoms with E-state index in [1.807, 2.05) is 60.7 Å². The number of halogens is 2. The molecule has 0 spiro atoms. The highest BCUT2D eigenvalue weighted by molar-refractivity contribution is 7.91. The Morgan fingerprint density at radius 1 is 0.696 bits per heavy atom. The lowest BCUT2D eigenvalue weighted by Crippen LogP contribution is -2.26. The van der Waals surface area contributed by atoms with Crippen molar-refractivity contribution in [1.29, 1.82) is 0 Å². The quantitative estimate of drug-likeness (QED) is 0.655. The molecule has 0 bridgehead atoms. The van der Waals surface area contributed by atoms with Gasteiger partial charge in [-0.1, -0.05) is 60.7 Å². The fourth-order valence-electron chi connectivity index (χ4n) is 2.48. The van der Waals surface area contributed by atoms with Gasteiger partial charge in [0.15, 0.2) is 9.84 Å². The van der Waals surface area contributed by atoms with Crippen LogP contribution in [0.2, 0.25) is 0 Å². The normalized spacial score (nSPS) is 14.3. The number of alkyl halides is 2. The topological polar surface area (TPSA) is 34.1 Å². The molecule has 0 fully saturated rings. The molecule has 2 nitrogen and oxygen atoms in total. The molecule has 0 aromatic heterocycles. The van der Waals surface area contributed by atoms with Crippen molar-refractivity contribution in [1.82, 2.24) is 0 Å². The molecule has 5 heteroatoms. The van der Waals surface area contributed by atoms with Crippen molar-refractivity contribution in [2.24, 2.45) is 0 Å². The highest BCUT2D eigenvalue weighted by Gasteiger charge is 2.22. The van der Waals surface area contributed by atoms with Crippen LogP contribution in [-0.4, -0.2) is 30.7 Å². The van der Waals surface area contributed by atoms with Crippen molar-refractivity contribution >= 4 is 33.0 Å². The molecule has 0 aliphatic carbocycles. The third kappa shape index (κ3) is 6.94. The largest absolute Gasteiger partial charge is 0.229 e. The van der Waals surface area contributed by atoms with Crippen LogP contribution in [0.3, 0.4) is 0 Å². The van der Waals surface area contributed by atoms with Crippen LogP contribution in [0, 0.1) is 0 Å². The Kier molecular flexibility index (Phi) is 6.94. The maximum Gasteiger partial charge on any atom is 0.153 e. The molecule has 2 unspecified atom stereocenters. The number of hydrogen-bond acceptors (Lipinski definition) is 2. The van der Waals surface area contributed by atoms with E-state index in [2.05, 4.69) is 0 Å². The van der Waals surface area contributed by atoms with Gasteiger partial charge in [-0.25, -0.2) is 8.42 Å². The molecule has 2 aromatic carbocycles. The summed E-state index contributed by atoms with van der Waals surface area (Å²) in [5.74, 6) is -0.108. The van der Waals surface area contributed by atoms with Gasteiger partial charge in [-0.05, 0) is 24.0 Å². The minimum absolute atomic E-state index is 0.0541. The smallest absolute Gasteiger partial charge is 0.153 e. The van der Waals surface area contributed by atoms with Crippen LogP contribution in [0.4, 0.5) is 0 Å². The van der Waals surface area contributed by atoms with E-state index in [0.717, 1.165) is 11.1 Å². The molecule has 0 saturated carbocycles. The summed E-state index contributed by atoms with van der Waals surface area (Å²) in [6, 6.07) is 19.3. The van der Waals surface area contributed by atoms with Gasteiger partial charge in [-0.15, -0.1) is 23.2 Å². The predicted molar refractivity (Wildman–Crippen MR) is 98.2 cm³/mol. The minimum atomic E-state index is -3.28. The van der Waals surface area contributed by atoms with Crippen molar-refractivity contribution in [2.75, 3.05) is 11.5 Å². The summed E-state index contributed by atoms with van der Waals surface area (Å²) in [7, 11) is -3.28. The summed E-state index contributed by atoms with van der Waals surface area (Å²) in [6.07, 6.45) is 1.07. The third-order valence-electron chi connectivity index (χ3n) is 3.47. The zero-order valence-electron chi connectivity index (χ0n) is 12.7. The van der Waals surface area contributed by atoms with E-state index < -0.39 is 20.6 Å². The lowest BCUT2D eigenvalue weighted by Gasteiger charge is -2.13. The standard InChI is InChI=1S/C18H20Cl2O2S/c19-17(11-15-7-3-1-4-8-15)13-23(21,22)14-18(20)12-16-9-5-2-6-10-16/h1-10,17-18H,11-14H2. The van der Waals surface area contributed by atoms with Crippen LogP contribution in [0.5, 0.6) is 0 Å². The van der Waals surface area contributed by atoms with Gasteiger partial charge in [0.2, 0.25) is 0 Å². The predicted octanol–water partition coefficient (Wildman–Crippen LogP) is 4.10. The van der Waals surface area contributed by atoms with Gasteiger partial charge >= 0.3 is 0 Å². The van der Waals surface area contributed by atoms with Gasteiger partial charge in [0.1, 0.15) is 0 Å². The van der Waals surface area contributed by atoms with E-state index in [9.17, 15) is 8.42 Å². The number of sulfone groups is 1. The number of hydrogen-bond donors (Lipinski definition) is 0. The Balaban J connectivity index is 1.86. The summed E-state index contributed by atoms with van der Waals surface area (Å²) in [5.41, 5.74) is 2.07. The van der Waals surface area contributed by atoms with E-state index in [1.54, 1.807) is 0 Å². The Bertz CT molecular complexity index is 632. The average Bonchev–Trinajstić information content (AvgIpc) is 2.47. The van der Waals surface area contributed by atoms with Crippen molar-refractivity contribution in [3.8, 4) is 0 Å². The Hall–Kier alpha value is -1.03. The first-order valence-corrected chi connectivity index (χ1v) is 10.2. The SMILES string of the molecule is O=S(=O)(CC(Cl)Cc1ccccc1)CC(Cl)Cc1ccccc1. The van der Waals surface area contributed by atoms with E-state index in [1.165, 1.54) is 0 Å². The van der Waals surface area contributed by atoms with Crippen LogP contribution < -0.4 is 0 Å². The van der Waals surface area contributed by atoms with Crippen molar-refractivity contribution in [3.63, 3.8) is 0 Å². The van der Waals surface area contributed by atoms with Crippen LogP contribution >= 0.6 is 23.2 Å². The van der Waals surface area contributed by atoms with E-state index in [0.29, 0.717) is 12.8 Å². The summed E-state index contributed by atoms with van der Waals surface area (Å²) in [5, 5.41) is -0.883. The zero-order valence-corrected chi connectivity index (χ0v) is 15.1. The van der Waals surface area contributed by atoms with Crippen LogP contribution in [0.15, 0.2) is 60.7 Å². The van der Waals surface area contributed by atoms with Crippen molar-refractivity contribution in [2.45, 2.75) is 23.6 Å². The van der Waals surface area contributed by atoms with Gasteiger partial charge in [0.25, 0.3) is 0 Å². The van der Waals surface area contributed by atoms with Crippen molar-refractivity contribution < 1.29 is 8.42 Å². The first-order chi connectivity index (χ1) is 10.9. The summed E-state index contributed by atoms with van der Waals surface area (Å²) in [6.45, 7) is 0. The maximum absolute atomic E-state index is 12.3. The number of benzene rings is 2. The molecular weight excluding hydrogens is 351 g/mol. The Morgan fingerprint density at radius 2 is 1.04 bits per heavy atom. The Labute approximate surface area is 148 Å². The first-order valence-electron chi connectivity index (χ1n) is 7.51. The molecule has 0 saturated heterocycles. The molecule has 0 radical (unpaired) electrons. The van der Waals surface area contributed by atoms with Crippen molar-refractivity contribution in [3.05, 3.63) is 71.8 Å². The first kappa shape index (κ1) is 18.3. The molecular formula is C18H20Cl2O2S. The molecule has 0 aliphatic heterocycles. The highest BCUT2D eigenvalue weighted by atomic mass is 35.5. The van der Waals surface area contributed by atoms with Crippen LogP contribution in [-0.2, 0) is 22.7 Å². The monoisotopic (exact) mass is 370 g/mol. The van der Waals surface area contributed by atoms with E-state index in [-0.39, 0.29) is 11.5 Å². The second kappa shape index (κ2) is 8.72. The molecule has 2 atom stereocenters. The Morgan fingerprint density at radius 3 is 1.39 bits per heavy atom. The molecule has 2 aromatic rings. The van der Waals surface area contributed by atoms with Gasteiger partial charge in [0, 0.05) is 0 Å².